The number of hydrogen-bond donors (Lipinski definition) is 2. The Bertz CT molecular complexity index is 356. The molecule has 1 aromatic carbocycles. The Hall–Kier alpha value is -0.580. The van der Waals surface area contributed by atoms with Gasteiger partial charge in [0.05, 0.1) is 13.7 Å². The Morgan fingerprint density at radius 3 is 2.65 bits per heavy atom. The van der Waals surface area contributed by atoms with Crippen LogP contribution in [0.15, 0.2) is 22.7 Å². The number of benzene rings is 1. The first-order valence-corrected chi connectivity index (χ1v) is 6.53. The summed E-state index contributed by atoms with van der Waals surface area (Å²) >= 11 is 3.45. The van der Waals surface area contributed by atoms with E-state index in [2.05, 4.69) is 15.9 Å². The quantitative estimate of drug-likeness (QED) is 0.848. The number of aliphatic hydroxyl groups is 1. The van der Waals surface area contributed by atoms with Crippen molar-refractivity contribution in [2.24, 2.45) is 11.1 Å². The Balaban J connectivity index is 3.03. The first-order chi connectivity index (χ1) is 8.10. The maximum Gasteiger partial charge on any atom is 0.122 e. The van der Waals surface area contributed by atoms with Gasteiger partial charge in [0.15, 0.2) is 0 Å². The molecule has 0 aliphatic carbocycles. The molecule has 96 valence electrons. The summed E-state index contributed by atoms with van der Waals surface area (Å²) < 4.78 is 6.34. The molecule has 0 spiro atoms. The van der Waals surface area contributed by atoms with Gasteiger partial charge in [-0.15, -0.1) is 0 Å². The average molecular weight is 302 g/mol. The van der Waals surface area contributed by atoms with Crippen molar-refractivity contribution in [3.8, 4) is 5.75 Å². The van der Waals surface area contributed by atoms with Crippen LogP contribution in [0.3, 0.4) is 0 Å². The zero-order valence-electron chi connectivity index (χ0n) is 10.4. The lowest BCUT2D eigenvalue weighted by atomic mass is 9.80. The van der Waals surface area contributed by atoms with Gasteiger partial charge in [-0.3, -0.25) is 0 Å². The fourth-order valence-electron chi connectivity index (χ4n) is 1.86. The molecular formula is C13H20BrNO2. The zero-order chi connectivity index (χ0) is 12.9. The van der Waals surface area contributed by atoms with Crippen molar-refractivity contribution in [3.05, 3.63) is 28.2 Å². The molecule has 3 nitrogen and oxygen atoms in total. The van der Waals surface area contributed by atoms with Crippen LogP contribution in [0.25, 0.3) is 0 Å². The van der Waals surface area contributed by atoms with Gasteiger partial charge in [0.25, 0.3) is 0 Å². The molecule has 4 heteroatoms. The molecule has 0 heterocycles. The van der Waals surface area contributed by atoms with Gasteiger partial charge in [0.2, 0.25) is 0 Å². The second kappa shape index (κ2) is 6.38. The van der Waals surface area contributed by atoms with Crippen LogP contribution in [0.4, 0.5) is 0 Å². The summed E-state index contributed by atoms with van der Waals surface area (Å²) in [5.74, 6) is 0.841. The van der Waals surface area contributed by atoms with Crippen LogP contribution < -0.4 is 10.5 Å². The van der Waals surface area contributed by atoms with E-state index in [1.165, 1.54) is 0 Å². The van der Waals surface area contributed by atoms with Gasteiger partial charge in [0.1, 0.15) is 5.75 Å². The van der Waals surface area contributed by atoms with Gasteiger partial charge < -0.3 is 15.6 Å². The number of nitrogens with two attached hydrogens (primary N) is 1. The van der Waals surface area contributed by atoms with E-state index in [0.717, 1.165) is 28.6 Å². The molecule has 0 aromatic heterocycles. The molecule has 1 aromatic rings. The van der Waals surface area contributed by atoms with Crippen molar-refractivity contribution in [1.29, 1.82) is 0 Å². The van der Waals surface area contributed by atoms with E-state index in [-0.39, 0.29) is 12.0 Å². The lowest BCUT2D eigenvalue weighted by Gasteiger charge is -2.29. The molecule has 0 aliphatic heterocycles. The van der Waals surface area contributed by atoms with Crippen LogP contribution in [-0.4, -0.2) is 25.4 Å². The molecule has 3 N–H and O–H groups in total. The fourth-order valence-corrected chi connectivity index (χ4v) is 2.27. The smallest absolute Gasteiger partial charge is 0.122 e. The topological polar surface area (TPSA) is 55.5 Å². The van der Waals surface area contributed by atoms with E-state index in [1.54, 1.807) is 7.11 Å². The van der Waals surface area contributed by atoms with Gasteiger partial charge in [-0.05, 0) is 36.6 Å². The monoisotopic (exact) mass is 301 g/mol. The number of aliphatic hydroxyl groups excluding tert-OH is 1. The van der Waals surface area contributed by atoms with E-state index in [1.807, 2.05) is 25.1 Å². The second-order valence-electron chi connectivity index (χ2n) is 4.35. The summed E-state index contributed by atoms with van der Waals surface area (Å²) in [7, 11) is 1.65. The largest absolute Gasteiger partial charge is 0.496 e. The molecule has 0 amide bonds. The van der Waals surface area contributed by atoms with Crippen LogP contribution in [-0.2, 0) is 6.42 Å². The van der Waals surface area contributed by atoms with Crippen molar-refractivity contribution in [1.82, 2.24) is 0 Å². The minimum Gasteiger partial charge on any atom is -0.496 e. The van der Waals surface area contributed by atoms with E-state index in [9.17, 15) is 5.11 Å². The number of methoxy groups -OCH3 is 1. The van der Waals surface area contributed by atoms with Gasteiger partial charge in [-0.1, -0.05) is 22.9 Å². The minimum atomic E-state index is -0.256. The second-order valence-corrected chi connectivity index (χ2v) is 5.26. The van der Waals surface area contributed by atoms with Crippen LogP contribution in [0.5, 0.6) is 5.75 Å². The summed E-state index contributed by atoms with van der Waals surface area (Å²) in [5, 5.41) is 9.54. The van der Waals surface area contributed by atoms with Crippen molar-refractivity contribution in [3.63, 3.8) is 0 Å². The van der Waals surface area contributed by atoms with Crippen LogP contribution in [0.2, 0.25) is 0 Å². The fraction of sp³-hybridized carbons (Fsp3) is 0.538. The standard InChI is InChI=1S/C13H20BrNO2/c1-3-13(8-15,9-16)7-10-6-11(14)4-5-12(10)17-2/h4-6,16H,3,7-9,15H2,1-2H3. The molecule has 0 bridgehead atoms. The Labute approximate surface area is 111 Å². The predicted molar refractivity (Wildman–Crippen MR) is 73.3 cm³/mol. The van der Waals surface area contributed by atoms with E-state index in [4.69, 9.17) is 10.5 Å². The van der Waals surface area contributed by atoms with Crippen molar-refractivity contribution in [2.75, 3.05) is 20.3 Å². The first-order valence-electron chi connectivity index (χ1n) is 5.74. The van der Waals surface area contributed by atoms with E-state index >= 15 is 0 Å². The lowest BCUT2D eigenvalue weighted by molar-refractivity contribution is 0.126. The van der Waals surface area contributed by atoms with Crippen molar-refractivity contribution >= 4 is 15.9 Å². The highest BCUT2D eigenvalue weighted by atomic mass is 79.9. The molecule has 0 saturated carbocycles. The third-order valence-corrected chi connectivity index (χ3v) is 3.82. The number of ether oxygens (including phenoxy) is 1. The van der Waals surface area contributed by atoms with Crippen LogP contribution in [0, 0.1) is 5.41 Å². The Morgan fingerprint density at radius 2 is 2.18 bits per heavy atom. The summed E-state index contributed by atoms with van der Waals surface area (Å²) in [6, 6.07) is 5.89. The molecule has 1 atom stereocenters. The highest BCUT2D eigenvalue weighted by Gasteiger charge is 2.27. The van der Waals surface area contributed by atoms with Gasteiger partial charge in [0, 0.05) is 16.4 Å². The minimum absolute atomic E-state index is 0.0929. The molecule has 0 radical (unpaired) electrons. The molecule has 17 heavy (non-hydrogen) atoms. The van der Waals surface area contributed by atoms with Crippen molar-refractivity contribution < 1.29 is 9.84 Å². The third kappa shape index (κ3) is 3.44. The van der Waals surface area contributed by atoms with Crippen molar-refractivity contribution in [2.45, 2.75) is 19.8 Å². The van der Waals surface area contributed by atoms with Crippen LogP contribution in [0.1, 0.15) is 18.9 Å². The van der Waals surface area contributed by atoms with Crippen LogP contribution >= 0.6 is 15.9 Å². The lowest BCUT2D eigenvalue weighted by Crippen LogP contribution is -2.36. The molecule has 1 unspecified atom stereocenters. The van der Waals surface area contributed by atoms with E-state index < -0.39 is 0 Å². The van der Waals surface area contributed by atoms with E-state index in [0.29, 0.717) is 6.54 Å². The maximum atomic E-state index is 9.54. The summed E-state index contributed by atoms with van der Waals surface area (Å²) in [6.45, 7) is 2.61. The Kier molecular flexibility index (Phi) is 5.43. The molecule has 1 rings (SSSR count). The molecular weight excluding hydrogens is 282 g/mol. The zero-order valence-corrected chi connectivity index (χ0v) is 12.0. The van der Waals surface area contributed by atoms with Gasteiger partial charge >= 0.3 is 0 Å². The summed E-state index contributed by atoms with van der Waals surface area (Å²) in [5.41, 5.74) is 6.61. The number of hydrogen-bond acceptors (Lipinski definition) is 3. The Morgan fingerprint density at radius 1 is 1.47 bits per heavy atom. The summed E-state index contributed by atoms with van der Waals surface area (Å²) in [4.78, 5) is 0. The number of halogens is 1. The average Bonchev–Trinajstić information content (AvgIpc) is 2.36. The predicted octanol–water partition coefficient (Wildman–Crippen LogP) is 2.35. The highest BCUT2D eigenvalue weighted by Crippen LogP contribution is 2.31. The normalized spacial score (nSPS) is 14.4. The molecule has 0 aliphatic rings. The number of rotatable bonds is 6. The highest BCUT2D eigenvalue weighted by molar-refractivity contribution is 9.10. The SMILES string of the molecule is CCC(CN)(CO)Cc1cc(Br)ccc1OC. The molecule has 0 saturated heterocycles. The third-order valence-electron chi connectivity index (χ3n) is 3.33. The maximum absolute atomic E-state index is 9.54. The van der Waals surface area contributed by atoms with Gasteiger partial charge in [-0.2, -0.15) is 0 Å². The summed E-state index contributed by atoms with van der Waals surface area (Å²) in [6.07, 6.45) is 1.56. The first kappa shape index (κ1) is 14.5. The van der Waals surface area contributed by atoms with Gasteiger partial charge in [-0.25, -0.2) is 0 Å². The molecule has 0 fully saturated rings.